The number of thiophene rings is 1. The number of rotatable bonds is 0. The highest BCUT2D eigenvalue weighted by molar-refractivity contribution is 7.19. The third-order valence-electron chi connectivity index (χ3n) is 1.73. The van der Waals surface area contributed by atoms with Gasteiger partial charge in [0, 0.05) is 4.88 Å². The second-order valence-electron chi connectivity index (χ2n) is 2.67. The molecule has 1 aromatic heterocycles. The molecule has 0 amide bonds. The molecule has 0 bridgehead atoms. The first-order chi connectivity index (χ1) is 5.68. The van der Waals surface area contributed by atoms with Crippen molar-refractivity contribution >= 4 is 33.0 Å². The van der Waals surface area contributed by atoms with E-state index in [-0.39, 0.29) is 5.75 Å². The summed E-state index contributed by atoms with van der Waals surface area (Å²) in [6.45, 7) is 2.01. The van der Waals surface area contributed by atoms with Gasteiger partial charge in [-0.1, -0.05) is 17.7 Å². The van der Waals surface area contributed by atoms with E-state index in [4.69, 9.17) is 11.6 Å². The number of phenols is 1. The lowest BCUT2D eigenvalue weighted by atomic mass is 10.2. The largest absolute Gasteiger partial charge is 0.505 e. The van der Waals surface area contributed by atoms with Gasteiger partial charge >= 0.3 is 0 Å². The van der Waals surface area contributed by atoms with Crippen LogP contribution in [0.2, 0.25) is 5.02 Å². The van der Waals surface area contributed by atoms with Gasteiger partial charge in [-0.3, -0.25) is 0 Å². The standard InChI is InChI=1S/C9H7ClOS/c1-5-4-6-2-3-7(10)8(11)9(6)12-5/h2-4,11H,1H3. The summed E-state index contributed by atoms with van der Waals surface area (Å²) in [6.07, 6.45) is 0. The van der Waals surface area contributed by atoms with Gasteiger partial charge < -0.3 is 5.11 Å². The third kappa shape index (κ3) is 1.08. The first-order valence-electron chi connectivity index (χ1n) is 3.56. The summed E-state index contributed by atoms with van der Waals surface area (Å²) >= 11 is 7.31. The van der Waals surface area contributed by atoms with Crippen LogP contribution in [-0.4, -0.2) is 5.11 Å². The number of aryl methyl sites for hydroxylation is 1. The maximum Gasteiger partial charge on any atom is 0.151 e. The quantitative estimate of drug-likeness (QED) is 0.686. The van der Waals surface area contributed by atoms with E-state index in [0.717, 1.165) is 10.1 Å². The number of benzene rings is 1. The molecular formula is C9H7ClOS. The Bertz CT molecular complexity index is 433. The molecule has 0 atom stereocenters. The van der Waals surface area contributed by atoms with Crippen molar-refractivity contribution in [1.82, 2.24) is 0 Å². The Morgan fingerprint density at radius 1 is 1.42 bits per heavy atom. The van der Waals surface area contributed by atoms with Crippen LogP contribution in [0.25, 0.3) is 10.1 Å². The first kappa shape index (κ1) is 7.90. The second kappa shape index (κ2) is 2.64. The van der Waals surface area contributed by atoms with E-state index in [1.807, 2.05) is 19.1 Å². The van der Waals surface area contributed by atoms with Crippen LogP contribution in [-0.2, 0) is 0 Å². The molecule has 0 aliphatic carbocycles. The predicted octanol–water partition coefficient (Wildman–Crippen LogP) is 3.57. The van der Waals surface area contributed by atoms with E-state index in [9.17, 15) is 5.11 Å². The summed E-state index contributed by atoms with van der Waals surface area (Å²) in [5, 5.41) is 11.0. The van der Waals surface area contributed by atoms with Crippen molar-refractivity contribution in [3.05, 3.63) is 28.1 Å². The smallest absolute Gasteiger partial charge is 0.151 e. The van der Waals surface area contributed by atoms with Crippen LogP contribution in [0.3, 0.4) is 0 Å². The van der Waals surface area contributed by atoms with Crippen molar-refractivity contribution in [3.8, 4) is 5.75 Å². The lowest BCUT2D eigenvalue weighted by Gasteiger charge is -1.95. The maximum absolute atomic E-state index is 9.55. The zero-order valence-corrected chi connectivity index (χ0v) is 8.04. The number of hydrogen-bond acceptors (Lipinski definition) is 2. The van der Waals surface area contributed by atoms with Crippen molar-refractivity contribution in [2.45, 2.75) is 6.92 Å². The molecule has 62 valence electrons. The van der Waals surface area contributed by atoms with E-state index in [1.54, 1.807) is 17.4 Å². The van der Waals surface area contributed by atoms with Crippen LogP contribution in [0, 0.1) is 6.92 Å². The number of fused-ring (bicyclic) bond motifs is 1. The molecular weight excluding hydrogens is 192 g/mol. The summed E-state index contributed by atoms with van der Waals surface area (Å²) in [6, 6.07) is 5.67. The Morgan fingerprint density at radius 2 is 2.17 bits per heavy atom. The van der Waals surface area contributed by atoms with Gasteiger partial charge in [-0.2, -0.15) is 0 Å². The molecule has 0 saturated heterocycles. The van der Waals surface area contributed by atoms with Crippen LogP contribution in [0.5, 0.6) is 5.75 Å². The normalized spacial score (nSPS) is 10.8. The van der Waals surface area contributed by atoms with Crippen molar-refractivity contribution in [1.29, 1.82) is 0 Å². The summed E-state index contributed by atoms with van der Waals surface area (Å²) in [4.78, 5) is 1.18. The van der Waals surface area contributed by atoms with E-state index >= 15 is 0 Å². The fourth-order valence-electron chi connectivity index (χ4n) is 1.19. The monoisotopic (exact) mass is 198 g/mol. The molecule has 0 saturated carbocycles. The van der Waals surface area contributed by atoms with E-state index < -0.39 is 0 Å². The van der Waals surface area contributed by atoms with Crippen LogP contribution in [0.4, 0.5) is 0 Å². The molecule has 0 fully saturated rings. The van der Waals surface area contributed by atoms with Gasteiger partial charge in [0.05, 0.1) is 9.72 Å². The maximum atomic E-state index is 9.55. The average Bonchev–Trinajstić information content (AvgIpc) is 2.39. The van der Waals surface area contributed by atoms with Crippen molar-refractivity contribution < 1.29 is 5.11 Å². The molecule has 2 aromatic rings. The Balaban J connectivity index is 2.89. The highest BCUT2D eigenvalue weighted by Gasteiger charge is 2.06. The third-order valence-corrected chi connectivity index (χ3v) is 3.11. The van der Waals surface area contributed by atoms with Crippen LogP contribution >= 0.6 is 22.9 Å². The van der Waals surface area contributed by atoms with E-state index in [1.165, 1.54) is 4.88 Å². The Hall–Kier alpha value is -0.730. The molecule has 1 aromatic carbocycles. The molecule has 1 N–H and O–H groups in total. The Labute approximate surface area is 79.2 Å². The number of hydrogen-bond donors (Lipinski definition) is 1. The topological polar surface area (TPSA) is 20.2 Å². The van der Waals surface area contributed by atoms with Gasteiger partial charge in [0.1, 0.15) is 0 Å². The van der Waals surface area contributed by atoms with Gasteiger partial charge in [0.25, 0.3) is 0 Å². The fourth-order valence-corrected chi connectivity index (χ4v) is 2.37. The molecule has 3 heteroatoms. The summed E-state index contributed by atoms with van der Waals surface area (Å²) < 4.78 is 0.875. The number of halogens is 1. The van der Waals surface area contributed by atoms with Gasteiger partial charge in [-0.25, -0.2) is 0 Å². The van der Waals surface area contributed by atoms with Gasteiger partial charge in [0.2, 0.25) is 0 Å². The lowest BCUT2D eigenvalue weighted by molar-refractivity contribution is 0.483. The highest BCUT2D eigenvalue weighted by Crippen LogP contribution is 2.37. The molecule has 0 aliphatic rings. The number of phenolic OH excluding ortho intramolecular Hbond substituents is 1. The highest BCUT2D eigenvalue weighted by atomic mass is 35.5. The SMILES string of the molecule is Cc1cc2ccc(Cl)c(O)c2s1. The van der Waals surface area contributed by atoms with E-state index in [0.29, 0.717) is 5.02 Å². The second-order valence-corrected chi connectivity index (χ2v) is 4.33. The van der Waals surface area contributed by atoms with Crippen LogP contribution in [0.1, 0.15) is 4.88 Å². The molecule has 0 radical (unpaired) electrons. The van der Waals surface area contributed by atoms with Gasteiger partial charge in [-0.15, -0.1) is 11.3 Å². The van der Waals surface area contributed by atoms with Gasteiger partial charge in [0.15, 0.2) is 5.75 Å². The van der Waals surface area contributed by atoms with E-state index in [2.05, 4.69) is 0 Å². The zero-order chi connectivity index (χ0) is 8.72. The minimum Gasteiger partial charge on any atom is -0.505 e. The minimum atomic E-state index is 0.201. The molecule has 1 heterocycles. The first-order valence-corrected chi connectivity index (χ1v) is 4.75. The van der Waals surface area contributed by atoms with Crippen molar-refractivity contribution in [2.75, 3.05) is 0 Å². The predicted molar refractivity (Wildman–Crippen MR) is 53.2 cm³/mol. The van der Waals surface area contributed by atoms with Crippen LogP contribution in [0.15, 0.2) is 18.2 Å². The summed E-state index contributed by atoms with van der Waals surface area (Å²) in [5.74, 6) is 0.201. The van der Waals surface area contributed by atoms with Crippen molar-refractivity contribution in [3.63, 3.8) is 0 Å². The molecule has 2 rings (SSSR count). The minimum absolute atomic E-state index is 0.201. The molecule has 12 heavy (non-hydrogen) atoms. The van der Waals surface area contributed by atoms with Crippen LogP contribution < -0.4 is 0 Å². The number of aromatic hydroxyl groups is 1. The molecule has 0 aliphatic heterocycles. The Kier molecular flexibility index (Phi) is 1.74. The lowest BCUT2D eigenvalue weighted by Crippen LogP contribution is -1.67. The summed E-state index contributed by atoms with van der Waals surface area (Å²) in [5.41, 5.74) is 0. The molecule has 1 nitrogen and oxygen atoms in total. The summed E-state index contributed by atoms with van der Waals surface area (Å²) in [7, 11) is 0. The zero-order valence-electron chi connectivity index (χ0n) is 6.47. The molecule has 0 spiro atoms. The molecule has 0 unspecified atom stereocenters. The Morgan fingerprint density at radius 3 is 2.92 bits per heavy atom. The van der Waals surface area contributed by atoms with Gasteiger partial charge in [-0.05, 0) is 24.4 Å². The average molecular weight is 199 g/mol. The van der Waals surface area contributed by atoms with Crippen molar-refractivity contribution in [2.24, 2.45) is 0 Å². The fraction of sp³-hybridized carbons (Fsp3) is 0.111.